The highest BCUT2D eigenvalue weighted by Gasteiger charge is 2.40. The molecular formula is C13H21N3O4. The number of hydrogen-bond acceptors (Lipinski definition) is 4. The van der Waals surface area contributed by atoms with Gasteiger partial charge in [0.1, 0.15) is 18.2 Å². The van der Waals surface area contributed by atoms with Crippen LogP contribution in [0.2, 0.25) is 0 Å². The van der Waals surface area contributed by atoms with Crippen molar-refractivity contribution in [2.75, 3.05) is 26.2 Å². The van der Waals surface area contributed by atoms with Gasteiger partial charge in [-0.2, -0.15) is 0 Å². The molecule has 2 rings (SSSR count). The number of carbonyl (C=O) groups is 3. The van der Waals surface area contributed by atoms with Gasteiger partial charge in [-0.3, -0.25) is 14.5 Å². The van der Waals surface area contributed by atoms with Crippen molar-refractivity contribution in [3.05, 3.63) is 0 Å². The van der Waals surface area contributed by atoms with E-state index in [9.17, 15) is 14.4 Å². The average Bonchev–Trinajstić information content (AvgIpc) is 2.50. The van der Waals surface area contributed by atoms with Crippen LogP contribution >= 0.6 is 0 Å². The minimum Gasteiger partial charge on any atom is -0.444 e. The number of hydrogen-bond donors (Lipinski definition) is 1. The largest absolute Gasteiger partial charge is 0.444 e. The lowest BCUT2D eigenvalue weighted by molar-refractivity contribution is -0.145. The topological polar surface area (TPSA) is 79.0 Å². The standard InChI is InChI=1S/C13H21N3O4/c1-13(2,3)20-12(19)15-7-9-11(18)14-5-4-6-16(9)10(17)8-15/h9H,4-8H2,1-3H3,(H,14,18). The lowest BCUT2D eigenvalue weighted by Crippen LogP contribution is -2.61. The molecule has 2 aliphatic heterocycles. The van der Waals surface area contributed by atoms with Gasteiger partial charge in [-0.05, 0) is 27.2 Å². The highest BCUT2D eigenvalue weighted by Crippen LogP contribution is 2.17. The zero-order valence-electron chi connectivity index (χ0n) is 12.1. The van der Waals surface area contributed by atoms with E-state index in [1.807, 2.05) is 0 Å². The zero-order valence-corrected chi connectivity index (χ0v) is 12.1. The molecule has 20 heavy (non-hydrogen) atoms. The quantitative estimate of drug-likeness (QED) is 0.676. The van der Waals surface area contributed by atoms with E-state index in [0.717, 1.165) is 6.42 Å². The van der Waals surface area contributed by atoms with Gasteiger partial charge in [-0.1, -0.05) is 0 Å². The molecule has 0 aromatic carbocycles. The maximum Gasteiger partial charge on any atom is 0.410 e. The van der Waals surface area contributed by atoms with Crippen LogP contribution in [0.4, 0.5) is 4.79 Å². The SMILES string of the molecule is CC(C)(C)OC(=O)N1CC(=O)N2CCCNC(=O)C2C1. The molecule has 0 aromatic rings. The van der Waals surface area contributed by atoms with Gasteiger partial charge in [0.15, 0.2) is 0 Å². The van der Waals surface area contributed by atoms with E-state index < -0.39 is 17.7 Å². The number of piperazine rings is 1. The van der Waals surface area contributed by atoms with E-state index in [0.29, 0.717) is 13.1 Å². The Morgan fingerprint density at radius 3 is 2.70 bits per heavy atom. The Hall–Kier alpha value is -1.79. The molecule has 0 spiro atoms. The molecule has 7 heteroatoms. The van der Waals surface area contributed by atoms with Crippen LogP contribution in [-0.4, -0.2) is 65.5 Å². The summed E-state index contributed by atoms with van der Waals surface area (Å²) in [4.78, 5) is 39.0. The summed E-state index contributed by atoms with van der Waals surface area (Å²) in [7, 11) is 0. The van der Waals surface area contributed by atoms with Crippen molar-refractivity contribution in [3.8, 4) is 0 Å². The van der Waals surface area contributed by atoms with Crippen molar-refractivity contribution in [2.24, 2.45) is 0 Å². The van der Waals surface area contributed by atoms with Crippen molar-refractivity contribution in [2.45, 2.75) is 38.8 Å². The fourth-order valence-electron chi connectivity index (χ4n) is 2.35. The third kappa shape index (κ3) is 3.20. The van der Waals surface area contributed by atoms with Gasteiger partial charge in [0.25, 0.3) is 0 Å². The summed E-state index contributed by atoms with van der Waals surface area (Å²) in [5.74, 6) is -0.409. The van der Waals surface area contributed by atoms with Gasteiger partial charge in [-0.15, -0.1) is 0 Å². The van der Waals surface area contributed by atoms with E-state index >= 15 is 0 Å². The summed E-state index contributed by atoms with van der Waals surface area (Å²) in [5, 5.41) is 2.76. The molecular weight excluding hydrogens is 262 g/mol. The maximum absolute atomic E-state index is 12.1. The van der Waals surface area contributed by atoms with Gasteiger partial charge in [0.2, 0.25) is 11.8 Å². The fraction of sp³-hybridized carbons (Fsp3) is 0.769. The zero-order chi connectivity index (χ0) is 14.9. The first-order valence-electron chi connectivity index (χ1n) is 6.83. The molecule has 1 unspecified atom stereocenters. The molecule has 2 aliphatic rings. The van der Waals surface area contributed by atoms with Crippen molar-refractivity contribution in [3.63, 3.8) is 0 Å². The third-order valence-corrected chi connectivity index (χ3v) is 3.25. The number of nitrogens with one attached hydrogen (secondary N) is 1. The van der Waals surface area contributed by atoms with Gasteiger partial charge in [0.05, 0.1) is 6.54 Å². The van der Waals surface area contributed by atoms with Crippen LogP contribution in [0.5, 0.6) is 0 Å². The molecule has 0 bridgehead atoms. The van der Waals surface area contributed by atoms with Gasteiger partial charge in [0, 0.05) is 13.1 Å². The highest BCUT2D eigenvalue weighted by molar-refractivity contribution is 5.92. The Bertz CT molecular complexity index is 430. The number of rotatable bonds is 0. The van der Waals surface area contributed by atoms with Crippen LogP contribution in [0, 0.1) is 0 Å². The van der Waals surface area contributed by atoms with Gasteiger partial charge in [-0.25, -0.2) is 4.79 Å². The van der Waals surface area contributed by atoms with Crippen LogP contribution in [0.1, 0.15) is 27.2 Å². The number of amides is 3. The van der Waals surface area contributed by atoms with Gasteiger partial charge >= 0.3 is 6.09 Å². The smallest absolute Gasteiger partial charge is 0.410 e. The Morgan fingerprint density at radius 1 is 1.35 bits per heavy atom. The predicted octanol–water partition coefficient (Wildman–Crippen LogP) is -0.0458. The lowest BCUT2D eigenvalue weighted by atomic mass is 10.1. The summed E-state index contributed by atoms with van der Waals surface area (Å²) in [5.41, 5.74) is -0.622. The van der Waals surface area contributed by atoms with Crippen molar-refractivity contribution in [1.82, 2.24) is 15.1 Å². The minimum absolute atomic E-state index is 0.0291. The third-order valence-electron chi connectivity index (χ3n) is 3.25. The molecule has 3 amide bonds. The lowest BCUT2D eigenvalue weighted by Gasteiger charge is -2.39. The second-order valence-corrected chi connectivity index (χ2v) is 6.11. The Balaban J connectivity index is 2.10. The van der Waals surface area contributed by atoms with Crippen LogP contribution in [0.15, 0.2) is 0 Å². The molecule has 1 atom stereocenters. The molecule has 0 aliphatic carbocycles. The van der Waals surface area contributed by atoms with E-state index in [1.165, 1.54) is 4.90 Å². The Morgan fingerprint density at radius 2 is 2.05 bits per heavy atom. The second kappa shape index (κ2) is 5.30. The van der Waals surface area contributed by atoms with Crippen molar-refractivity contribution >= 4 is 17.9 Å². The average molecular weight is 283 g/mol. The van der Waals surface area contributed by atoms with Crippen molar-refractivity contribution < 1.29 is 19.1 Å². The predicted molar refractivity (Wildman–Crippen MR) is 70.9 cm³/mol. The van der Waals surface area contributed by atoms with E-state index in [4.69, 9.17) is 4.74 Å². The summed E-state index contributed by atoms with van der Waals surface area (Å²) < 4.78 is 5.26. The van der Waals surface area contributed by atoms with E-state index in [1.54, 1.807) is 25.7 Å². The first kappa shape index (κ1) is 14.6. The first-order chi connectivity index (χ1) is 9.28. The second-order valence-electron chi connectivity index (χ2n) is 6.11. The highest BCUT2D eigenvalue weighted by atomic mass is 16.6. The van der Waals surface area contributed by atoms with Crippen LogP contribution in [0.3, 0.4) is 0 Å². The van der Waals surface area contributed by atoms with Crippen LogP contribution < -0.4 is 5.32 Å². The van der Waals surface area contributed by atoms with E-state index in [2.05, 4.69) is 5.32 Å². The van der Waals surface area contributed by atoms with Crippen LogP contribution in [0.25, 0.3) is 0 Å². The molecule has 0 saturated carbocycles. The monoisotopic (exact) mass is 283 g/mol. The maximum atomic E-state index is 12.1. The Labute approximate surface area is 118 Å². The molecule has 2 fully saturated rings. The molecule has 2 saturated heterocycles. The van der Waals surface area contributed by atoms with Crippen molar-refractivity contribution in [1.29, 1.82) is 0 Å². The number of nitrogens with zero attached hydrogens (tertiary/aromatic N) is 2. The minimum atomic E-state index is -0.622. The summed E-state index contributed by atoms with van der Waals surface area (Å²) in [6, 6.07) is -0.605. The van der Waals surface area contributed by atoms with Crippen LogP contribution in [-0.2, 0) is 14.3 Å². The molecule has 2 heterocycles. The number of fused-ring (bicyclic) bond motifs is 1. The fourth-order valence-corrected chi connectivity index (χ4v) is 2.35. The molecule has 7 nitrogen and oxygen atoms in total. The number of carbonyl (C=O) groups excluding carboxylic acids is 3. The molecule has 112 valence electrons. The first-order valence-corrected chi connectivity index (χ1v) is 6.83. The van der Waals surface area contributed by atoms with E-state index in [-0.39, 0.29) is 24.9 Å². The Kier molecular flexibility index (Phi) is 3.87. The summed E-state index contributed by atoms with van der Waals surface area (Å²) in [6.07, 6.45) is 0.183. The molecule has 1 N–H and O–H groups in total. The van der Waals surface area contributed by atoms with Gasteiger partial charge < -0.3 is 15.0 Å². The number of ether oxygens (including phenoxy) is 1. The summed E-state index contributed by atoms with van der Waals surface area (Å²) >= 11 is 0. The molecule has 0 radical (unpaired) electrons. The summed E-state index contributed by atoms with van der Waals surface area (Å²) in [6.45, 7) is 6.56. The molecule has 0 aromatic heterocycles. The normalized spacial score (nSPS) is 23.9.